The van der Waals surface area contributed by atoms with E-state index in [1.165, 1.54) is 20.0 Å². The van der Waals surface area contributed by atoms with Crippen LogP contribution in [-0.4, -0.2) is 31.1 Å². The maximum atomic E-state index is 14.1. The molecule has 1 aliphatic rings. The van der Waals surface area contributed by atoms with E-state index in [9.17, 15) is 4.39 Å². The minimum absolute atomic E-state index is 0.201. The molecule has 0 aromatic heterocycles. The zero-order valence-electron chi connectivity index (χ0n) is 11.7. The van der Waals surface area contributed by atoms with Gasteiger partial charge in [-0.15, -0.1) is 0 Å². The number of ether oxygens (including phenoxy) is 1. The minimum atomic E-state index is -0.263. The van der Waals surface area contributed by atoms with E-state index in [0.29, 0.717) is 23.9 Å². The van der Waals surface area contributed by atoms with Gasteiger partial charge in [0, 0.05) is 24.2 Å². The van der Waals surface area contributed by atoms with E-state index in [4.69, 9.17) is 10.5 Å². The predicted molar refractivity (Wildman–Crippen MR) is 74.7 cm³/mol. The second-order valence-electron chi connectivity index (χ2n) is 5.36. The van der Waals surface area contributed by atoms with Gasteiger partial charge in [0.1, 0.15) is 0 Å². The van der Waals surface area contributed by atoms with Gasteiger partial charge in [0.25, 0.3) is 0 Å². The summed E-state index contributed by atoms with van der Waals surface area (Å²) in [5.74, 6) is 0.0417. The molecular formula is C15H23FN2O. The average Bonchev–Trinajstić information content (AvgIpc) is 2.41. The van der Waals surface area contributed by atoms with Crippen LogP contribution >= 0.6 is 0 Å². The van der Waals surface area contributed by atoms with Crippen LogP contribution in [0.25, 0.3) is 0 Å². The van der Waals surface area contributed by atoms with E-state index in [1.807, 2.05) is 19.2 Å². The first-order valence-corrected chi connectivity index (χ1v) is 6.90. The van der Waals surface area contributed by atoms with Gasteiger partial charge in [0.15, 0.2) is 11.6 Å². The van der Waals surface area contributed by atoms with Crippen molar-refractivity contribution in [1.82, 2.24) is 4.90 Å². The second kappa shape index (κ2) is 6.35. The van der Waals surface area contributed by atoms with Crippen molar-refractivity contribution in [2.45, 2.75) is 44.3 Å². The third kappa shape index (κ3) is 3.25. The Morgan fingerprint density at radius 2 is 2.11 bits per heavy atom. The van der Waals surface area contributed by atoms with Crippen LogP contribution in [0.15, 0.2) is 18.2 Å². The zero-order valence-corrected chi connectivity index (χ0v) is 11.7. The van der Waals surface area contributed by atoms with Crippen LogP contribution < -0.4 is 10.5 Å². The molecule has 1 aromatic rings. The zero-order chi connectivity index (χ0) is 13.8. The van der Waals surface area contributed by atoms with Crippen LogP contribution in [0, 0.1) is 5.82 Å². The van der Waals surface area contributed by atoms with Crippen molar-refractivity contribution in [1.29, 1.82) is 0 Å². The van der Waals surface area contributed by atoms with Gasteiger partial charge in [-0.1, -0.05) is 25.0 Å². The monoisotopic (exact) mass is 266 g/mol. The van der Waals surface area contributed by atoms with Gasteiger partial charge in [-0.25, -0.2) is 4.39 Å². The molecule has 2 unspecified atom stereocenters. The normalized spacial score (nSPS) is 23.6. The van der Waals surface area contributed by atoms with Gasteiger partial charge in [0.2, 0.25) is 0 Å². The Hall–Kier alpha value is -1.13. The summed E-state index contributed by atoms with van der Waals surface area (Å²) < 4.78 is 19.1. The van der Waals surface area contributed by atoms with Crippen LogP contribution in [0.4, 0.5) is 4.39 Å². The van der Waals surface area contributed by atoms with Crippen LogP contribution in [0.1, 0.15) is 31.2 Å². The fourth-order valence-corrected chi connectivity index (χ4v) is 2.91. The molecule has 19 heavy (non-hydrogen) atoms. The van der Waals surface area contributed by atoms with Crippen LogP contribution in [0.2, 0.25) is 0 Å². The number of hydrogen-bond acceptors (Lipinski definition) is 3. The molecule has 0 bridgehead atoms. The predicted octanol–water partition coefficient (Wildman–Crippen LogP) is 2.54. The summed E-state index contributed by atoms with van der Waals surface area (Å²) in [7, 11) is 3.51. The smallest absolute Gasteiger partial charge is 0.169 e. The number of nitrogens with zero attached hydrogens (tertiary/aromatic N) is 1. The Morgan fingerprint density at radius 3 is 2.79 bits per heavy atom. The van der Waals surface area contributed by atoms with E-state index >= 15 is 0 Å². The maximum Gasteiger partial charge on any atom is 0.169 e. The first kappa shape index (κ1) is 14.3. The highest BCUT2D eigenvalue weighted by atomic mass is 19.1. The van der Waals surface area contributed by atoms with Gasteiger partial charge in [0.05, 0.1) is 7.11 Å². The first-order chi connectivity index (χ1) is 9.13. The largest absolute Gasteiger partial charge is 0.494 e. The highest BCUT2D eigenvalue weighted by molar-refractivity contribution is 5.31. The topological polar surface area (TPSA) is 38.5 Å². The summed E-state index contributed by atoms with van der Waals surface area (Å²) in [6.45, 7) is 0.571. The number of methoxy groups -OCH3 is 1. The number of rotatable bonds is 4. The number of likely N-dealkylation sites (N-methyl/N-ethyl adjacent to an activating group) is 1. The lowest BCUT2D eigenvalue weighted by Gasteiger charge is -2.36. The van der Waals surface area contributed by atoms with Gasteiger partial charge in [-0.2, -0.15) is 0 Å². The summed E-state index contributed by atoms with van der Waals surface area (Å²) in [5, 5.41) is 0. The average molecular weight is 266 g/mol. The SMILES string of the molecule is COc1cccc(CN(C)C2CCCCC2N)c1F. The Kier molecular flexibility index (Phi) is 4.77. The molecule has 2 rings (SSSR count). The Bertz CT molecular complexity index is 425. The molecule has 1 aliphatic carbocycles. The quantitative estimate of drug-likeness (QED) is 0.910. The van der Waals surface area contributed by atoms with Gasteiger partial charge in [-0.3, -0.25) is 4.90 Å². The molecule has 0 saturated heterocycles. The molecule has 0 aliphatic heterocycles. The molecule has 2 atom stereocenters. The lowest BCUT2D eigenvalue weighted by atomic mass is 9.90. The molecule has 106 valence electrons. The Morgan fingerprint density at radius 1 is 1.37 bits per heavy atom. The summed E-state index contributed by atoms with van der Waals surface area (Å²) >= 11 is 0. The minimum Gasteiger partial charge on any atom is -0.494 e. The second-order valence-corrected chi connectivity index (χ2v) is 5.36. The molecular weight excluding hydrogens is 243 g/mol. The van der Waals surface area contributed by atoms with Crippen LogP contribution in [0.3, 0.4) is 0 Å². The van der Waals surface area contributed by atoms with Crippen molar-refractivity contribution in [3.8, 4) is 5.75 Å². The third-order valence-corrected chi connectivity index (χ3v) is 4.03. The number of hydrogen-bond donors (Lipinski definition) is 1. The molecule has 1 fully saturated rings. The fourth-order valence-electron chi connectivity index (χ4n) is 2.91. The molecule has 3 nitrogen and oxygen atoms in total. The summed E-state index contributed by atoms with van der Waals surface area (Å²) in [4.78, 5) is 2.17. The number of nitrogens with two attached hydrogens (primary N) is 1. The van der Waals surface area contributed by atoms with E-state index in [1.54, 1.807) is 6.07 Å². The van der Waals surface area contributed by atoms with Crippen LogP contribution in [-0.2, 0) is 6.54 Å². The molecule has 1 aromatic carbocycles. The molecule has 0 heterocycles. The molecule has 4 heteroatoms. The van der Waals surface area contributed by atoms with E-state index < -0.39 is 0 Å². The van der Waals surface area contributed by atoms with Crippen LogP contribution in [0.5, 0.6) is 5.75 Å². The molecule has 0 radical (unpaired) electrons. The van der Waals surface area contributed by atoms with E-state index in [2.05, 4.69) is 4.90 Å². The lowest BCUT2D eigenvalue weighted by molar-refractivity contribution is 0.160. The maximum absolute atomic E-state index is 14.1. The van der Waals surface area contributed by atoms with E-state index in [-0.39, 0.29) is 11.9 Å². The Balaban J connectivity index is 2.08. The van der Waals surface area contributed by atoms with E-state index in [0.717, 1.165) is 12.8 Å². The number of halogens is 1. The van der Waals surface area contributed by atoms with Gasteiger partial charge >= 0.3 is 0 Å². The summed E-state index contributed by atoms with van der Waals surface area (Å²) in [5.41, 5.74) is 6.83. The van der Waals surface area contributed by atoms with Crippen molar-refractivity contribution in [3.63, 3.8) is 0 Å². The van der Waals surface area contributed by atoms with Gasteiger partial charge < -0.3 is 10.5 Å². The lowest BCUT2D eigenvalue weighted by Crippen LogP contribution is -2.47. The molecule has 0 amide bonds. The summed E-state index contributed by atoms with van der Waals surface area (Å²) in [6, 6.07) is 5.83. The molecule has 0 spiro atoms. The fraction of sp³-hybridized carbons (Fsp3) is 0.600. The third-order valence-electron chi connectivity index (χ3n) is 4.03. The number of benzene rings is 1. The van der Waals surface area contributed by atoms with Crippen molar-refractivity contribution in [2.75, 3.05) is 14.2 Å². The standard InChI is InChI=1S/C15H23FN2O/c1-18(13-8-4-3-7-12(13)17)10-11-6-5-9-14(19-2)15(11)16/h5-6,9,12-13H,3-4,7-8,10,17H2,1-2H3. The molecule has 2 N–H and O–H groups in total. The summed E-state index contributed by atoms with van der Waals surface area (Å²) in [6.07, 6.45) is 4.58. The van der Waals surface area contributed by atoms with Crippen molar-refractivity contribution >= 4 is 0 Å². The van der Waals surface area contributed by atoms with Crippen molar-refractivity contribution in [3.05, 3.63) is 29.6 Å². The highest BCUT2D eigenvalue weighted by Crippen LogP contribution is 2.25. The van der Waals surface area contributed by atoms with Gasteiger partial charge in [-0.05, 0) is 26.0 Å². The first-order valence-electron chi connectivity index (χ1n) is 6.90. The molecule has 1 saturated carbocycles. The highest BCUT2D eigenvalue weighted by Gasteiger charge is 2.26. The van der Waals surface area contributed by atoms with Crippen molar-refractivity contribution in [2.24, 2.45) is 5.73 Å². The Labute approximate surface area is 114 Å². The van der Waals surface area contributed by atoms with Crippen molar-refractivity contribution < 1.29 is 9.13 Å².